The van der Waals surface area contributed by atoms with Crippen molar-refractivity contribution in [2.24, 2.45) is 0 Å². The third kappa shape index (κ3) is 40.6. The highest BCUT2D eigenvalue weighted by Gasteiger charge is 2.17. The monoisotopic (exact) mass is 736 g/mol. The maximum absolute atomic E-state index is 12.4. The Labute approximate surface area is 329 Å². The van der Waals surface area contributed by atoms with E-state index in [-0.39, 0.29) is 12.5 Å². The average Bonchev–Trinajstić information content (AvgIpc) is 3.16. The SMILES string of the molecule is CC/C=C\C/C=C\C/C=C\C/C=C\C/C=C\C/C=C\CCCCCCC(=O)NC(CO)C(O)/C=C/CCCCCCCCCCCCCCCCCC. The second-order valence-electron chi connectivity index (χ2n) is 14.7. The minimum Gasteiger partial charge on any atom is -0.394 e. The van der Waals surface area contributed by atoms with E-state index >= 15 is 0 Å². The molecule has 0 aromatic heterocycles. The number of rotatable bonds is 39. The van der Waals surface area contributed by atoms with Crippen LogP contribution >= 0.6 is 0 Å². The third-order valence-corrected chi connectivity index (χ3v) is 9.63. The molecule has 0 aliphatic rings. The van der Waals surface area contributed by atoms with Crippen LogP contribution in [0.5, 0.6) is 0 Å². The van der Waals surface area contributed by atoms with Gasteiger partial charge in [0.15, 0.2) is 0 Å². The van der Waals surface area contributed by atoms with Gasteiger partial charge in [0.25, 0.3) is 0 Å². The van der Waals surface area contributed by atoms with Gasteiger partial charge in [-0.15, -0.1) is 0 Å². The van der Waals surface area contributed by atoms with Crippen molar-refractivity contribution in [1.29, 1.82) is 0 Å². The van der Waals surface area contributed by atoms with E-state index in [9.17, 15) is 15.0 Å². The van der Waals surface area contributed by atoms with Crippen LogP contribution < -0.4 is 5.32 Å². The highest BCUT2D eigenvalue weighted by Crippen LogP contribution is 2.14. The van der Waals surface area contributed by atoms with E-state index in [1.807, 2.05) is 6.08 Å². The average molecular weight is 736 g/mol. The maximum Gasteiger partial charge on any atom is 0.220 e. The highest BCUT2D eigenvalue weighted by atomic mass is 16.3. The van der Waals surface area contributed by atoms with Gasteiger partial charge in [-0.25, -0.2) is 0 Å². The number of carbonyl (C=O) groups excluding carboxylic acids is 1. The van der Waals surface area contributed by atoms with Crippen molar-refractivity contribution in [1.82, 2.24) is 5.32 Å². The number of allylic oxidation sites excluding steroid dienone is 13. The molecule has 4 heteroatoms. The molecular weight excluding hydrogens is 651 g/mol. The summed E-state index contributed by atoms with van der Waals surface area (Å²) >= 11 is 0. The Morgan fingerprint density at radius 1 is 0.472 bits per heavy atom. The van der Waals surface area contributed by atoms with Gasteiger partial charge in [0.05, 0.1) is 18.8 Å². The maximum atomic E-state index is 12.4. The van der Waals surface area contributed by atoms with Gasteiger partial charge in [0.2, 0.25) is 5.91 Å². The zero-order valence-electron chi connectivity index (χ0n) is 34.8. The summed E-state index contributed by atoms with van der Waals surface area (Å²) in [4.78, 5) is 12.4. The molecule has 0 rings (SSSR count). The number of amides is 1. The molecule has 0 aromatic rings. The molecule has 3 N–H and O–H groups in total. The first-order valence-electron chi connectivity index (χ1n) is 22.3. The standard InChI is InChI=1S/C49H85NO3/c1-3-5-7-9-11-13-15-17-19-21-23-24-25-26-27-29-31-33-35-37-39-41-43-45-49(53)50-47(46-51)48(52)44-42-40-38-36-34-32-30-28-22-20-18-16-14-12-10-8-6-4-2/h5,7,11,13,17,19,23-24,26-27,31,33,42,44,47-48,51-52H,3-4,6,8-10,12,14-16,18,20-22,25,28-30,32,34-41,43,45-46H2,1-2H3,(H,50,53)/b7-5-,13-11-,19-17-,24-23-,27-26-,33-31-,44-42+. The Balaban J connectivity index is 3.68. The van der Waals surface area contributed by atoms with Crippen LogP contribution in [0.25, 0.3) is 0 Å². The largest absolute Gasteiger partial charge is 0.394 e. The second-order valence-corrected chi connectivity index (χ2v) is 14.7. The van der Waals surface area contributed by atoms with Crippen LogP contribution in [0.2, 0.25) is 0 Å². The molecule has 0 aliphatic carbocycles. The van der Waals surface area contributed by atoms with Crippen LogP contribution in [0.1, 0.15) is 200 Å². The molecule has 0 radical (unpaired) electrons. The normalized spacial score (nSPS) is 13.8. The summed E-state index contributed by atoms with van der Waals surface area (Å²) in [6, 6.07) is -0.641. The van der Waals surface area contributed by atoms with Gasteiger partial charge < -0.3 is 15.5 Å². The fourth-order valence-corrected chi connectivity index (χ4v) is 6.24. The summed E-state index contributed by atoms with van der Waals surface area (Å²) in [6.45, 7) is 4.18. The molecule has 0 bridgehead atoms. The number of carbonyl (C=O) groups is 1. The molecule has 0 saturated heterocycles. The highest BCUT2D eigenvalue weighted by molar-refractivity contribution is 5.76. The van der Waals surface area contributed by atoms with E-state index in [2.05, 4.69) is 92.1 Å². The Morgan fingerprint density at radius 3 is 1.25 bits per heavy atom. The summed E-state index contributed by atoms with van der Waals surface area (Å²) in [6.07, 6.45) is 64.0. The van der Waals surface area contributed by atoms with Gasteiger partial charge in [-0.1, -0.05) is 208 Å². The lowest BCUT2D eigenvalue weighted by molar-refractivity contribution is -0.123. The van der Waals surface area contributed by atoms with Crippen molar-refractivity contribution in [3.8, 4) is 0 Å². The number of aliphatic hydroxyl groups excluding tert-OH is 2. The zero-order chi connectivity index (χ0) is 38.6. The van der Waals surface area contributed by atoms with Crippen molar-refractivity contribution in [2.45, 2.75) is 212 Å². The summed E-state index contributed by atoms with van der Waals surface area (Å²) in [5.41, 5.74) is 0. The van der Waals surface area contributed by atoms with Crippen LogP contribution in [0.15, 0.2) is 85.1 Å². The smallest absolute Gasteiger partial charge is 0.220 e. The third-order valence-electron chi connectivity index (χ3n) is 9.63. The molecule has 0 aliphatic heterocycles. The predicted octanol–water partition coefficient (Wildman–Crippen LogP) is 14.1. The van der Waals surface area contributed by atoms with Gasteiger partial charge >= 0.3 is 0 Å². The van der Waals surface area contributed by atoms with Crippen molar-refractivity contribution in [3.63, 3.8) is 0 Å². The van der Waals surface area contributed by atoms with Crippen LogP contribution in [-0.2, 0) is 4.79 Å². The molecule has 2 unspecified atom stereocenters. The number of nitrogens with one attached hydrogen (secondary N) is 1. The van der Waals surface area contributed by atoms with Gasteiger partial charge in [-0.05, 0) is 70.6 Å². The van der Waals surface area contributed by atoms with Crippen LogP contribution in [-0.4, -0.2) is 34.9 Å². The Hall–Kier alpha value is -2.43. The van der Waals surface area contributed by atoms with E-state index in [0.717, 1.165) is 83.5 Å². The minimum absolute atomic E-state index is 0.0914. The Bertz CT molecular complexity index is 972. The van der Waals surface area contributed by atoms with Gasteiger partial charge in [0.1, 0.15) is 0 Å². The number of unbranched alkanes of at least 4 members (excludes halogenated alkanes) is 20. The summed E-state index contributed by atoms with van der Waals surface area (Å²) in [5.74, 6) is -0.0914. The molecule has 2 atom stereocenters. The number of hydrogen-bond donors (Lipinski definition) is 3. The van der Waals surface area contributed by atoms with E-state index in [0.29, 0.717) is 6.42 Å². The molecule has 1 amide bonds. The lowest BCUT2D eigenvalue weighted by Crippen LogP contribution is -2.45. The summed E-state index contributed by atoms with van der Waals surface area (Å²) in [7, 11) is 0. The molecule has 0 saturated carbocycles. The molecule has 4 nitrogen and oxygen atoms in total. The molecule has 304 valence electrons. The minimum atomic E-state index is -0.855. The summed E-state index contributed by atoms with van der Waals surface area (Å²) in [5, 5.41) is 23.0. The van der Waals surface area contributed by atoms with E-state index in [1.54, 1.807) is 6.08 Å². The topological polar surface area (TPSA) is 69.6 Å². The number of aliphatic hydroxyl groups is 2. The number of hydrogen-bond acceptors (Lipinski definition) is 3. The first kappa shape index (κ1) is 50.6. The first-order valence-corrected chi connectivity index (χ1v) is 22.3. The van der Waals surface area contributed by atoms with Crippen LogP contribution in [0.3, 0.4) is 0 Å². The van der Waals surface area contributed by atoms with Gasteiger partial charge in [-0.2, -0.15) is 0 Å². The lowest BCUT2D eigenvalue weighted by Gasteiger charge is -2.20. The predicted molar refractivity (Wildman–Crippen MR) is 234 cm³/mol. The lowest BCUT2D eigenvalue weighted by atomic mass is 10.0. The van der Waals surface area contributed by atoms with Crippen molar-refractivity contribution in [2.75, 3.05) is 6.61 Å². The van der Waals surface area contributed by atoms with E-state index < -0.39 is 12.1 Å². The molecule has 0 spiro atoms. The molecule has 0 aromatic carbocycles. The Kier molecular flexibility index (Phi) is 42.0. The van der Waals surface area contributed by atoms with Crippen molar-refractivity contribution >= 4 is 5.91 Å². The van der Waals surface area contributed by atoms with E-state index in [4.69, 9.17) is 0 Å². The fraction of sp³-hybridized carbons (Fsp3) is 0.694. The zero-order valence-corrected chi connectivity index (χ0v) is 34.8. The Morgan fingerprint density at radius 2 is 0.830 bits per heavy atom. The quantitative estimate of drug-likeness (QED) is 0.0435. The fourth-order valence-electron chi connectivity index (χ4n) is 6.24. The van der Waals surface area contributed by atoms with Crippen molar-refractivity contribution < 1.29 is 15.0 Å². The van der Waals surface area contributed by atoms with Gasteiger partial charge in [-0.3, -0.25) is 4.79 Å². The van der Waals surface area contributed by atoms with Gasteiger partial charge in [0, 0.05) is 6.42 Å². The van der Waals surface area contributed by atoms with Crippen LogP contribution in [0.4, 0.5) is 0 Å². The molecule has 0 heterocycles. The molecular formula is C49H85NO3. The second kappa shape index (κ2) is 44.0. The van der Waals surface area contributed by atoms with Crippen LogP contribution in [0, 0.1) is 0 Å². The van der Waals surface area contributed by atoms with E-state index in [1.165, 1.54) is 96.3 Å². The summed E-state index contributed by atoms with van der Waals surface area (Å²) < 4.78 is 0. The van der Waals surface area contributed by atoms with Crippen molar-refractivity contribution in [3.05, 3.63) is 85.1 Å². The molecule has 0 fully saturated rings. The molecule has 53 heavy (non-hydrogen) atoms. The first-order chi connectivity index (χ1) is 26.2.